The van der Waals surface area contributed by atoms with Gasteiger partial charge in [0.15, 0.2) is 0 Å². The van der Waals surface area contributed by atoms with Crippen molar-refractivity contribution in [1.29, 1.82) is 0 Å². The molecule has 0 heterocycles. The van der Waals surface area contributed by atoms with E-state index >= 15 is 0 Å². The molecule has 12 nitrogen and oxygen atoms in total. The van der Waals surface area contributed by atoms with E-state index in [9.17, 15) is 0 Å². The zero-order valence-corrected chi connectivity index (χ0v) is 13.2. The van der Waals surface area contributed by atoms with Gasteiger partial charge in [-0.25, -0.2) is 4.57 Å². The Morgan fingerprint density at radius 1 is 0.556 bits per heavy atom. The van der Waals surface area contributed by atoms with E-state index in [1.54, 1.807) is 0 Å². The molecule has 0 aromatic carbocycles. The Hall–Kier alpha value is 1.85. The summed E-state index contributed by atoms with van der Waals surface area (Å²) in [5.41, 5.74) is 0. The van der Waals surface area contributed by atoms with Crippen molar-refractivity contribution >= 4 is 23.5 Å². The molecule has 0 spiro atoms. The van der Waals surface area contributed by atoms with Gasteiger partial charge in [-0.05, 0) is 0 Å². The van der Waals surface area contributed by atoms with Gasteiger partial charge in [-0.2, -0.15) is 15.6 Å². The molecule has 0 rings (SSSR count). The van der Waals surface area contributed by atoms with E-state index in [1.165, 1.54) is 0 Å². The minimum Gasteiger partial charge on any atom is -0.822 e. The first-order valence-corrected chi connectivity index (χ1v) is 6.73. The predicted molar refractivity (Wildman–Crippen MR) is 29.5 cm³/mol. The molecule has 0 aromatic heterocycles. The fourth-order valence-corrected chi connectivity index (χ4v) is 0. The van der Waals surface area contributed by atoms with Gasteiger partial charge in [-0.3, -0.25) is 0 Å². The molecular weight excluding hydrogens is 462 g/mol. The van der Waals surface area contributed by atoms with Crippen LogP contribution in [-0.2, 0) is 64.0 Å². The zero-order chi connectivity index (χ0) is 13.5. The molecule has 0 bridgehead atoms. The SMILES string of the molecule is O=P(O)(O)O.O=P([O-])([O-])[O-].O=P([O-])([O-])[O-].[Co+2].[Co+2].[Co+2]. The Morgan fingerprint density at radius 3 is 0.556 bits per heavy atom. The average Bonchev–Trinajstić information content (AvgIpc) is 1.41. The van der Waals surface area contributed by atoms with Crippen molar-refractivity contribution in [2.45, 2.75) is 0 Å². The standard InChI is InChI=1S/3Co.3H3O4P/c;;;3*1-5(2,3)4/h;;;3*(H3,1,2,3,4)/q3*+2;;;/p-6. The minimum atomic E-state index is -5.39. The van der Waals surface area contributed by atoms with Gasteiger partial charge in [0, 0.05) is 0 Å². The number of hydrogen-bond acceptors (Lipinski definition) is 9. The smallest absolute Gasteiger partial charge is 0.822 e. The van der Waals surface area contributed by atoms with E-state index in [1.807, 2.05) is 0 Å². The van der Waals surface area contributed by atoms with Crippen molar-refractivity contribution in [1.82, 2.24) is 0 Å². The second kappa shape index (κ2) is 15.2. The fourth-order valence-electron chi connectivity index (χ4n) is 0. The summed E-state index contributed by atoms with van der Waals surface area (Å²) in [5, 5.41) is 0. The second-order valence-corrected chi connectivity index (χ2v) is 4.22. The Morgan fingerprint density at radius 2 is 0.556 bits per heavy atom. The van der Waals surface area contributed by atoms with Crippen LogP contribution in [0.5, 0.6) is 0 Å². The zero-order valence-electron chi connectivity index (χ0n) is 7.36. The summed E-state index contributed by atoms with van der Waals surface area (Å²) in [7, 11) is -15.4. The van der Waals surface area contributed by atoms with Crippen molar-refractivity contribution < 1.29 is 108 Å². The van der Waals surface area contributed by atoms with Crippen LogP contribution >= 0.6 is 23.5 Å². The van der Waals surface area contributed by atoms with Crippen LogP contribution in [0.25, 0.3) is 0 Å². The first-order chi connectivity index (χ1) is 6.00. The first kappa shape index (κ1) is 36.8. The summed E-state index contributed by atoms with van der Waals surface area (Å²) < 4.78 is 26.0. The summed E-state index contributed by atoms with van der Waals surface area (Å²) in [6, 6.07) is 0. The molecule has 117 valence electrons. The second-order valence-electron chi connectivity index (χ2n) is 1.41. The molecule has 0 unspecified atom stereocenters. The van der Waals surface area contributed by atoms with Gasteiger partial charge in [0.1, 0.15) is 0 Å². The maximum absolute atomic E-state index is 8.88. The van der Waals surface area contributed by atoms with Crippen LogP contribution in [0.3, 0.4) is 0 Å². The van der Waals surface area contributed by atoms with E-state index < -0.39 is 23.5 Å². The van der Waals surface area contributed by atoms with Crippen LogP contribution in [0.2, 0.25) is 0 Å². The Bertz CT molecular complexity index is 209. The van der Waals surface area contributed by atoms with Gasteiger partial charge in [0.2, 0.25) is 0 Å². The van der Waals surface area contributed by atoms with Crippen molar-refractivity contribution in [2.24, 2.45) is 0 Å². The van der Waals surface area contributed by atoms with Gasteiger partial charge in [-0.15, -0.1) is 0 Å². The fraction of sp³-hybridized carbons (Fsp3) is 0. The van der Waals surface area contributed by atoms with E-state index in [0.717, 1.165) is 0 Å². The van der Waals surface area contributed by atoms with Crippen molar-refractivity contribution in [2.75, 3.05) is 0 Å². The topological polar surface area (TPSA) is 250 Å². The molecule has 0 atom stereocenters. The summed E-state index contributed by atoms with van der Waals surface area (Å²) in [5.74, 6) is 0. The third kappa shape index (κ3) is 1480. The molecule has 0 aliphatic carbocycles. The number of hydrogen-bond donors (Lipinski definition) is 3. The summed E-state index contributed by atoms with van der Waals surface area (Å²) in [6.07, 6.45) is 0. The minimum absolute atomic E-state index is 0. The van der Waals surface area contributed by atoms with E-state index in [4.69, 9.17) is 57.7 Å². The quantitative estimate of drug-likeness (QED) is 0.283. The van der Waals surface area contributed by atoms with Crippen LogP contribution in [0.4, 0.5) is 0 Å². The molecule has 3 N–H and O–H groups in total. The predicted octanol–water partition coefficient (Wildman–Crippen LogP) is -6.59. The van der Waals surface area contributed by atoms with Gasteiger partial charge in [0.25, 0.3) is 0 Å². The maximum atomic E-state index is 8.88. The number of rotatable bonds is 0. The Kier molecular flexibility index (Phi) is 31.1. The van der Waals surface area contributed by atoms with Crippen molar-refractivity contribution in [3.05, 3.63) is 0 Å². The molecule has 0 saturated carbocycles. The molecule has 3 radical (unpaired) electrons. The molecule has 0 fully saturated rings. The van der Waals surface area contributed by atoms with Gasteiger partial charge in [0.05, 0.1) is 0 Å². The Balaban J connectivity index is -0.0000000277. The van der Waals surface area contributed by atoms with Crippen LogP contribution in [0.15, 0.2) is 0 Å². The van der Waals surface area contributed by atoms with Crippen LogP contribution in [0.1, 0.15) is 0 Å². The molecule has 18 heavy (non-hydrogen) atoms. The van der Waals surface area contributed by atoms with Crippen LogP contribution < -0.4 is 29.4 Å². The van der Waals surface area contributed by atoms with Gasteiger partial charge < -0.3 is 53.2 Å². The third-order valence-corrected chi connectivity index (χ3v) is 0. The summed E-state index contributed by atoms with van der Waals surface area (Å²) in [6.45, 7) is 0. The summed E-state index contributed by atoms with van der Waals surface area (Å²) >= 11 is 0. The molecule has 0 aliphatic heterocycles. The third-order valence-electron chi connectivity index (χ3n) is 0. The van der Waals surface area contributed by atoms with E-state index in [2.05, 4.69) is 0 Å². The van der Waals surface area contributed by atoms with Gasteiger partial charge >= 0.3 is 58.2 Å². The Labute approximate surface area is 131 Å². The van der Waals surface area contributed by atoms with E-state index in [0.29, 0.717) is 0 Å². The molecule has 0 aliphatic rings. The summed E-state index contributed by atoms with van der Waals surface area (Å²) in [4.78, 5) is 72.9. The molecule has 0 amide bonds. The maximum Gasteiger partial charge on any atom is 2.00 e. The van der Waals surface area contributed by atoms with Crippen molar-refractivity contribution in [3.63, 3.8) is 0 Å². The van der Waals surface area contributed by atoms with Crippen LogP contribution in [-0.4, -0.2) is 14.7 Å². The molecule has 0 aromatic rings. The van der Waals surface area contributed by atoms with Gasteiger partial charge in [-0.1, -0.05) is 0 Å². The molecular formula is H3Co3O12P3. The normalized spacial score (nSPS) is 9.83. The van der Waals surface area contributed by atoms with Crippen molar-refractivity contribution in [3.8, 4) is 0 Å². The average molecular weight is 465 g/mol. The molecule has 18 heteroatoms. The first-order valence-electron chi connectivity index (χ1n) is 2.24. The van der Waals surface area contributed by atoms with E-state index in [-0.39, 0.29) is 50.3 Å². The largest absolute Gasteiger partial charge is 2.00 e. The number of phosphoric acid groups is 3. The van der Waals surface area contributed by atoms with Crippen LogP contribution in [0, 0.1) is 0 Å². The monoisotopic (exact) mass is 465 g/mol. The molecule has 0 saturated heterocycles.